The topological polar surface area (TPSA) is 77.7 Å². The molecular formula is C25H48N4OZr. The van der Waals surface area contributed by atoms with Gasteiger partial charge in [-0.3, -0.25) is 4.99 Å². The van der Waals surface area contributed by atoms with Crippen molar-refractivity contribution in [2.75, 3.05) is 48.8 Å². The molecule has 0 spiro atoms. The molecule has 1 aromatic rings. The zero-order chi connectivity index (χ0) is 24.5. The van der Waals surface area contributed by atoms with E-state index in [4.69, 9.17) is 0 Å². The van der Waals surface area contributed by atoms with Crippen molar-refractivity contribution in [3.05, 3.63) is 44.8 Å². The maximum atomic E-state index is 12.7. The van der Waals surface area contributed by atoms with Crippen molar-refractivity contribution in [3.63, 3.8) is 0 Å². The zero-order valence-corrected chi connectivity index (χ0v) is 25.2. The molecule has 0 fully saturated rings. The average Bonchev–Trinajstić information content (AvgIpc) is 2.56. The van der Waals surface area contributed by atoms with Gasteiger partial charge in [0.1, 0.15) is 0 Å². The van der Waals surface area contributed by atoms with E-state index in [1.54, 1.807) is 48.5 Å². The van der Waals surface area contributed by atoms with E-state index >= 15 is 0 Å². The van der Waals surface area contributed by atoms with Crippen LogP contribution in [0, 0.1) is 5.92 Å². The van der Waals surface area contributed by atoms with Gasteiger partial charge >= 0.3 is 26.2 Å². The second-order valence-electron chi connectivity index (χ2n) is 9.67. The predicted molar refractivity (Wildman–Crippen MR) is 136 cm³/mol. The molecule has 1 rings (SSSR count). The van der Waals surface area contributed by atoms with Crippen molar-refractivity contribution < 1.29 is 31.3 Å². The molecule has 0 aromatic heterocycles. The summed E-state index contributed by atoms with van der Waals surface area (Å²) in [4.78, 5) is 4.42. The Balaban J connectivity index is -0.000000312. The van der Waals surface area contributed by atoms with Crippen LogP contribution in [-0.2, 0) is 37.0 Å². The summed E-state index contributed by atoms with van der Waals surface area (Å²) in [5.41, 5.74) is 2.65. The summed E-state index contributed by atoms with van der Waals surface area (Å²) in [6, 6.07) is 4.07. The Morgan fingerprint density at radius 1 is 0.839 bits per heavy atom. The summed E-state index contributed by atoms with van der Waals surface area (Å²) in [7, 11) is 10.5. The Morgan fingerprint density at radius 3 is 1.52 bits per heavy atom. The van der Waals surface area contributed by atoms with Crippen LogP contribution in [0.1, 0.15) is 72.1 Å². The minimum atomic E-state index is -0.154. The van der Waals surface area contributed by atoms with E-state index < -0.39 is 0 Å². The summed E-state index contributed by atoms with van der Waals surface area (Å²) in [5.74, 6) is 0.618. The third kappa shape index (κ3) is 19.8. The maximum Gasteiger partial charge on any atom is 4.00 e. The van der Waals surface area contributed by atoms with Crippen LogP contribution in [0.4, 0.5) is 0 Å². The quantitative estimate of drug-likeness (QED) is 0.439. The molecule has 0 amide bonds. The molecule has 0 aliphatic heterocycles. The minimum absolute atomic E-state index is 0. The van der Waals surface area contributed by atoms with Crippen molar-refractivity contribution in [2.24, 2.45) is 10.9 Å². The molecule has 0 aliphatic rings. The molecule has 0 unspecified atom stereocenters. The first-order valence-corrected chi connectivity index (χ1v) is 10.5. The fraction of sp³-hybridized carbons (Fsp3) is 0.720. The molecule has 0 saturated carbocycles. The zero-order valence-electron chi connectivity index (χ0n) is 22.7. The van der Waals surface area contributed by atoms with Crippen molar-refractivity contribution in [1.82, 2.24) is 0 Å². The molecule has 6 heteroatoms. The first-order valence-electron chi connectivity index (χ1n) is 10.5. The van der Waals surface area contributed by atoms with Crippen LogP contribution in [0.3, 0.4) is 0 Å². The number of rotatable bonds is 3. The van der Waals surface area contributed by atoms with Gasteiger partial charge in [0, 0.05) is 12.8 Å². The van der Waals surface area contributed by atoms with Gasteiger partial charge < -0.3 is 21.1 Å². The van der Waals surface area contributed by atoms with Gasteiger partial charge in [-0.05, 0) is 33.4 Å². The average molecular weight is 512 g/mol. The molecular weight excluding hydrogens is 464 g/mol. The monoisotopic (exact) mass is 510 g/mol. The normalized spacial score (nSPS) is 10.8. The predicted octanol–water partition coefficient (Wildman–Crippen LogP) is 6.29. The van der Waals surface area contributed by atoms with Gasteiger partial charge in [-0.25, -0.2) is 0 Å². The molecule has 5 nitrogen and oxygen atoms in total. The fourth-order valence-corrected chi connectivity index (χ4v) is 2.10. The van der Waals surface area contributed by atoms with E-state index in [9.17, 15) is 5.11 Å². The van der Waals surface area contributed by atoms with E-state index in [0.29, 0.717) is 11.5 Å². The molecule has 1 aromatic carbocycles. The fourth-order valence-electron chi connectivity index (χ4n) is 2.10. The molecule has 0 aliphatic carbocycles. The molecule has 0 heterocycles. The van der Waals surface area contributed by atoms with E-state index in [0.717, 1.165) is 12.1 Å². The van der Waals surface area contributed by atoms with Gasteiger partial charge in [0.2, 0.25) is 0 Å². The third-order valence-corrected chi connectivity index (χ3v) is 3.49. The van der Waals surface area contributed by atoms with E-state index in [1.165, 1.54) is 5.56 Å². The van der Waals surface area contributed by atoms with Gasteiger partial charge in [0.05, 0.1) is 0 Å². The van der Waals surface area contributed by atoms with Crippen molar-refractivity contribution in [2.45, 2.75) is 66.2 Å². The molecule has 0 radical (unpaired) electrons. The number of aliphatic imine (C=N–C) groups is 1. The van der Waals surface area contributed by atoms with Crippen molar-refractivity contribution in [3.8, 4) is 5.75 Å². The van der Waals surface area contributed by atoms with Crippen LogP contribution in [0.25, 0.3) is 16.0 Å². The molecule has 178 valence electrons. The van der Waals surface area contributed by atoms with Gasteiger partial charge in [-0.15, -0.1) is 0 Å². The molecule has 0 saturated heterocycles. The first kappa shape index (κ1) is 37.8. The standard InChI is InChI=1S/C19H31NO.3C2H6N.Zr/c1-13(2)11-20-12-14-9-15(18(3,4)5)10-16(17(14)21)19(6,7)8;3*1-3-2;/h9-10,12-13,21H,11H2,1-8H3;3*1-2H3;/q;3*-1;+4/p-1. The van der Waals surface area contributed by atoms with E-state index in [1.807, 2.05) is 6.07 Å². The van der Waals surface area contributed by atoms with Crippen LogP contribution < -0.4 is 5.11 Å². The number of hydrogen-bond donors (Lipinski definition) is 0. The Labute approximate surface area is 213 Å². The Morgan fingerprint density at radius 2 is 1.23 bits per heavy atom. The van der Waals surface area contributed by atoms with E-state index in [-0.39, 0.29) is 42.8 Å². The third-order valence-electron chi connectivity index (χ3n) is 3.49. The maximum absolute atomic E-state index is 12.7. The second-order valence-corrected chi connectivity index (χ2v) is 9.67. The van der Waals surface area contributed by atoms with Gasteiger partial charge in [-0.2, -0.15) is 42.3 Å². The molecule has 0 atom stereocenters. The SMILES string of the molecule is CC(C)CN=Cc1cc(C(C)(C)C)cc(C(C)(C)C)c1[O-].C[N-]C.C[N-]C.C[N-]C.[Zr+4]. The Kier molecular flexibility index (Phi) is 24.5. The Bertz CT molecular complexity index is 569. The summed E-state index contributed by atoms with van der Waals surface area (Å²) >= 11 is 0. The summed E-state index contributed by atoms with van der Waals surface area (Å²) < 4.78 is 0. The van der Waals surface area contributed by atoms with Crippen LogP contribution >= 0.6 is 0 Å². The number of nitrogens with zero attached hydrogens (tertiary/aromatic N) is 4. The smallest absolute Gasteiger partial charge is 0.872 e. The first-order chi connectivity index (χ1) is 13.7. The van der Waals surface area contributed by atoms with Crippen LogP contribution in [0.5, 0.6) is 5.75 Å². The summed E-state index contributed by atoms with van der Waals surface area (Å²) in [5, 5.41) is 23.2. The number of benzene rings is 1. The Hall–Kier alpha value is -0.547. The van der Waals surface area contributed by atoms with Gasteiger partial charge in [-0.1, -0.05) is 73.3 Å². The van der Waals surface area contributed by atoms with Gasteiger partial charge in [0.25, 0.3) is 0 Å². The summed E-state index contributed by atoms with van der Waals surface area (Å²) in [6.07, 6.45) is 1.76. The minimum Gasteiger partial charge on any atom is -0.872 e. The van der Waals surface area contributed by atoms with Gasteiger partial charge in [0.15, 0.2) is 0 Å². The van der Waals surface area contributed by atoms with Crippen molar-refractivity contribution >= 4 is 6.21 Å². The second kappa shape index (κ2) is 20.1. The van der Waals surface area contributed by atoms with E-state index in [2.05, 4.69) is 82.4 Å². The summed E-state index contributed by atoms with van der Waals surface area (Å²) in [6.45, 7) is 17.8. The molecule has 0 bridgehead atoms. The number of hydrogen-bond acceptors (Lipinski definition) is 2. The largest absolute Gasteiger partial charge is 4.00 e. The van der Waals surface area contributed by atoms with Crippen LogP contribution in [0.15, 0.2) is 17.1 Å². The molecule has 0 N–H and O–H groups in total. The van der Waals surface area contributed by atoms with Crippen molar-refractivity contribution in [1.29, 1.82) is 0 Å². The van der Waals surface area contributed by atoms with Crippen LogP contribution in [-0.4, -0.2) is 55.0 Å². The molecule has 31 heavy (non-hydrogen) atoms. The van der Waals surface area contributed by atoms with Crippen LogP contribution in [0.2, 0.25) is 0 Å².